The van der Waals surface area contributed by atoms with Crippen molar-refractivity contribution in [2.24, 2.45) is 0 Å². The van der Waals surface area contributed by atoms with Crippen molar-refractivity contribution in [3.8, 4) is 17.6 Å². The van der Waals surface area contributed by atoms with Crippen LogP contribution in [-0.4, -0.2) is 18.7 Å². The van der Waals surface area contributed by atoms with Gasteiger partial charge in [0, 0.05) is 0 Å². The number of fused-ring (bicyclic) bond motifs is 1. The number of unbranched alkanes of at least 4 members (excludes halogenated alkanes) is 3. The topological polar surface area (TPSA) is 55.1 Å². The Morgan fingerprint density at radius 2 is 2.00 bits per heavy atom. The molecule has 0 spiro atoms. The van der Waals surface area contributed by atoms with Gasteiger partial charge in [-0.05, 0) is 42.3 Å². The minimum absolute atomic E-state index is 0.538. The Bertz CT molecular complexity index is 968. The molecule has 0 fully saturated rings. The van der Waals surface area contributed by atoms with Crippen LogP contribution in [0, 0.1) is 11.3 Å². The second kappa shape index (κ2) is 9.91. The summed E-state index contributed by atoms with van der Waals surface area (Å²) >= 11 is 1.52. The Hall–Kier alpha value is -2.84. The molecule has 0 atom stereocenters. The second-order valence-corrected chi connectivity index (χ2v) is 7.51. The van der Waals surface area contributed by atoms with Crippen LogP contribution in [0.2, 0.25) is 0 Å². The van der Waals surface area contributed by atoms with Gasteiger partial charge in [-0.15, -0.1) is 11.3 Å². The molecule has 0 aliphatic carbocycles. The number of thiazole rings is 1. The molecule has 0 radical (unpaired) electrons. The number of methoxy groups -OCH3 is 1. The number of allylic oxidation sites excluding steroid dienone is 1. The fraction of sp³-hybridized carbons (Fsp3) is 0.304. The van der Waals surface area contributed by atoms with Crippen molar-refractivity contribution in [2.75, 3.05) is 13.7 Å². The predicted octanol–water partition coefficient (Wildman–Crippen LogP) is 6.33. The maximum Gasteiger partial charge on any atom is 0.161 e. The molecule has 0 saturated carbocycles. The van der Waals surface area contributed by atoms with E-state index < -0.39 is 0 Å². The Labute approximate surface area is 170 Å². The van der Waals surface area contributed by atoms with E-state index in [4.69, 9.17) is 9.47 Å². The normalized spacial score (nSPS) is 11.4. The van der Waals surface area contributed by atoms with E-state index in [1.54, 1.807) is 7.11 Å². The molecule has 0 N–H and O–H groups in total. The number of nitrogens with zero attached hydrogens (tertiary/aromatic N) is 2. The summed E-state index contributed by atoms with van der Waals surface area (Å²) < 4.78 is 12.4. The molecule has 3 aromatic rings. The second-order valence-electron chi connectivity index (χ2n) is 6.48. The van der Waals surface area contributed by atoms with Gasteiger partial charge in [-0.25, -0.2) is 4.98 Å². The van der Waals surface area contributed by atoms with E-state index in [1.807, 2.05) is 48.5 Å². The summed E-state index contributed by atoms with van der Waals surface area (Å²) in [4.78, 5) is 4.58. The molecule has 28 heavy (non-hydrogen) atoms. The van der Waals surface area contributed by atoms with Crippen LogP contribution in [0.15, 0.2) is 42.5 Å². The zero-order valence-electron chi connectivity index (χ0n) is 16.3. The quantitative estimate of drug-likeness (QED) is 0.315. The number of nitriles is 1. The lowest BCUT2D eigenvalue weighted by Gasteiger charge is -2.11. The van der Waals surface area contributed by atoms with Crippen LogP contribution in [0.3, 0.4) is 0 Å². The molecule has 1 heterocycles. The number of para-hydroxylation sites is 1. The van der Waals surface area contributed by atoms with E-state index in [1.165, 1.54) is 30.6 Å². The highest BCUT2D eigenvalue weighted by Gasteiger charge is 2.10. The third-order valence-electron chi connectivity index (χ3n) is 4.40. The van der Waals surface area contributed by atoms with Crippen molar-refractivity contribution in [3.05, 3.63) is 53.0 Å². The standard InChI is InChI=1S/C23H24N2O2S/c1-3-4-5-8-13-27-20-12-11-17(15-21(20)26-2)14-18(16-24)23-25-19-9-6-7-10-22(19)28-23/h6-7,9-12,14-15H,3-5,8,13H2,1-2H3/b18-14-. The lowest BCUT2D eigenvalue weighted by Crippen LogP contribution is -1.99. The number of ether oxygens (including phenoxy) is 2. The van der Waals surface area contributed by atoms with E-state index in [-0.39, 0.29) is 0 Å². The monoisotopic (exact) mass is 392 g/mol. The SMILES string of the molecule is CCCCCCOc1ccc(/C=C(/C#N)c2nc3ccccc3s2)cc1OC. The Morgan fingerprint density at radius 1 is 1.14 bits per heavy atom. The van der Waals surface area contributed by atoms with Gasteiger partial charge in [-0.2, -0.15) is 5.26 Å². The van der Waals surface area contributed by atoms with Gasteiger partial charge in [0.05, 0.1) is 29.5 Å². The molecule has 144 valence electrons. The van der Waals surface area contributed by atoms with E-state index in [0.717, 1.165) is 33.0 Å². The van der Waals surface area contributed by atoms with Gasteiger partial charge in [0.15, 0.2) is 11.5 Å². The molecule has 0 unspecified atom stereocenters. The smallest absolute Gasteiger partial charge is 0.161 e. The molecule has 0 saturated heterocycles. The highest BCUT2D eigenvalue weighted by molar-refractivity contribution is 7.19. The first-order chi connectivity index (χ1) is 13.7. The van der Waals surface area contributed by atoms with Gasteiger partial charge in [-0.3, -0.25) is 0 Å². The summed E-state index contributed by atoms with van der Waals surface area (Å²) in [5.41, 5.74) is 2.33. The van der Waals surface area contributed by atoms with Gasteiger partial charge in [0.1, 0.15) is 11.1 Å². The zero-order valence-corrected chi connectivity index (χ0v) is 17.1. The summed E-state index contributed by atoms with van der Waals surface area (Å²) in [6.45, 7) is 2.88. The molecule has 5 heteroatoms. The summed E-state index contributed by atoms with van der Waals surface area (Å²) in [7, 11) is 1.63. The lowest BCUT2D eigenvalue weighted by molar-refractivity contribution is 0.285. The molecule has 0 aliphatic rings. The summed E-state index contributed by atoms with van der Waals surface area (Å²) in [5, 5.41) is 10.3. The average molecular weight is 393 g/mol. The van der Waals surface area contributed by atoms with Crippen molar-refractivity contribution in [1.82, 2.24) is 4.98 Å². The third-order valence-corrected chi connectivity index (χ3v) is 5.47. The van der Waals surface area contributed by atoms with Crippen LogP contribution < -0.4 is 9.47 Å². The Balaban J connectivity index is 1.79. The molecule has 4 nitrogen and oxygen atoms in total. The van der Waals surface area contributed by atoms with E-state index in [0.29, 0.717) is 17.9 Å². The predicted molar refractivity (Wildman–Crippen MR) is 116 cm³/mol. The Morgan fingerprint density at radius 3 is 2.75 bits per heavy atom. The molecule has 0 aliphatic heterocycles. The summed E-state index contributed by atoms with van der Waals surface area (Å²) in [6.07, 6.45) is 6.49. The highest BCUT2D eigenvalue weighted by Crippen LogP contribution is 2.32. The number of rotatable bonds is 9. The zero-order chi connectivity index (χ0) is 19.8. The highest BCUT2D eigenvalue weighted by atomic mass is 32.1. The number of hydrogen-bond acceptors (Lipinski definition) is 5. The number of benzene rings is 2. The van der Waals surface area contributed by atoms with E-state index in [2.05, 4.69) is 18.0 Å². The maximum absolute atomic E-state index is 9.63. The first kappa shape index (κ1) is 19.9. The van der Waals surface area contributed by atoms with Gasteiger partial charge in [0.25, 0.3) is 0 Å². The van der Waals surface area contributed by atoms with Crippen LogP contribution in [0.1, 0.15) is 43.2 Å². The van der Waals surface area contributed by atoms with E-state index >= 15 is 0 Å². The van der Waals surface area contributed by atoms with Crippen molar-refractivity contribution in [1.29, 1.82) is 5.26 Å². The van der Waals surface area contributed by atoms with Crippen molar-refractivity contribution < 1.29 is 9.47 Å². The minimum atomic E-state index is 0.538. The lowest BCUT2D eigenvalue weighted by atomic mass is 10.1. The van der Waals surface area contributed by atoms with E-state index in [9.17, 15) is 5.26 Å². The fourth-order valence-corrected chi connectivity index (χ4v) is 3.83. The molecular weight excluding hydrogens is 368 g/mol. The Kier molecular flexibility index (Phi) is 7.05. The van der Waals surface area contributed by atoms with Crippen molar-refractivity contribution >= 4 is 33.2 Å². The van der Waals surface area contributed by atoms with Crippen LogP contribution in [0.4, 0.5) is 0 Å². The van der Waals surface area contributed by atoms with Crippen LogP contribution in [0.5, 0.6) is 11.5 Å². The average Bonchev–Trinajstić information content (AvgIpc) is 3.16. The van der Waals surface area contributed by atoms with Crippen LogP contribution >= 0.6 is 11.3 Å². The van der Waals surface area contributed by atoms with Gasteiger partial charge >= 0.3 is 0 Å². The maximum atomic E-state index is 9.63. The summed E-state index contributed by atoms with van der Waals surface area (Å²) in [6, 6.07) is 15.9. The molecular formula is C23H24N2O2S. The van der Waals surface area contributed by atoms with Gasteiger partial charge in [0.2, 0.25) is 0 Å². The number of aromatic nitrogens is 1. The van der Waals surface area contributed by atoms with Gasteiger partial charge < -0.3 is 9.47 Å². The van der Waals surface area contributed by atoms with Crippen molar-refractivity contribution in [2.45, 2.75) is 32.6 Å². The van der Waals surface area contributed by atoms with Crippen LogP contribution in [0.25, 0.3) is 21.9 Å². The van der Waals surface area contributed by atoms with Crippen LogP contribution in [-0.2, 0) is 0 Å². The molecule has 1 aromatic heterocycles. The summed E-state index contributed by atoms with van der Waals surface area (Å²) in [5.74, 6) is 1.40. The molecule has 0 amide bonds. The first-order valence-corrected chi connectivity index (χ1v) is 10.4. The fourth-order valence-electron chi connectivity index (χ4n) is 2.90. The number of hydrogen-bond donors (Lipinski definition) is 0. The first-order valence-electron chi connectivity index (χ1n) is 9.53. The minimum Gasteiger partial charge on any atom is -0.493 e. The molecule has 3 rings (SSSR count). The largest absolute Gasteiger partial charge is 0.493 e. The molecule has 0 bridgehead atoms. The van der Waals surface area contributed by atoms with Gasteiger partial charge in [-0.1, -0.05) is 44.4 Å². The van der Waals surface area contributed by atoms with Crippen molar-refractivity contribution in [3.63, 3.8) is 0 Å². The third kappa shape index (κ3) is 4.90. The molecule has 2 aromatic carbocycles.